The highest BCUT2D eigenvalue weighted by Crippen LogP contribution is 2.41. The number of furan rings is 1. The smallest absolute Gasteiger partial charge is 0.136 e. The van der Waals surface area contributed by atoms with Crippen LogP contribution in [-0.2, 0) is 0 Å². The van der Waals surface area contributed by atoms with Gasteiger partial charge in [0.15, 0.2) is 0 Å². The van der Waals surface area contributed by atoms with Crippen molar-refractivity contribution < 1.29 is 4.42 Å². The molecule has 0 spiro atoms. The molecule has 5 rings (SSSR count). The Balaban J connectivity index is 1.73. The number of rotatable bonds is 2. The summed E-state index contributed by atoms with van der Waals surface area (Å²) in [7, 11) is 0. The Morgan fingerprint density at radius 3 is 2.00 bits per heavy atom. The first kappa shape index (κ1) is 15.2. The van der Waals surface area contributed by atoms with Crippen LogP contribution in [0.4, 0.5) is 0 Å². The number of hydrogen-bond donors (Lipinski definition) is 0. The predicted octanol–water partition coefficient (Wildman–Crippen LogP) is 7.57. The Hall–Kier alpha value is -3.03. The SMILES string of the molecule is Clc1ccc2oc3ccccc3c2c1-c1ccc(-c2ccccc2)cc1. The first-order valence-corrected chi connectivity index (χ1v) is 8.95. The molecule has 124 valence electrons. The molecule has 0 radical (unpaired) electrons. The van der Waals surface area contributed by atoms with Gasteiger partial charge in [0.05, 0.1) is 0 Å². The molecule has 0 saturated carbocycles. The van der Waals surface area contributed by atoms with Gasteiger partial charge in [0, 0.05) is 21.4 Å². The second-order valence-corrected chi connectivity index (χ2v) is 6.74. The van der Waals surface area contributed by atoms with E-state index in [0.29, 0.717) is 0 Å². The zero-order valence-electron chi connectivity index (χ0n) is 13.9. The van der Waals surface area contributed by atoms with Gasteiger partial charge in [0.2, 0.25) is 0 Å². The lowest BCUT2D eigenvalue weighted by Gasteiger charge is -2.08. The molecule has 0 aliphatic rings. The van der Waals surface area contributed by atoms with E-state index in [1.165, 1.54) is 11.1 Å². The number of fused-ring (bicyclic) bond motifs is 3. The average molecular weight is 355 g/mol. The normalized spacial score (nSPS) is 11.3. The minimum Gasteiger partial charge on any atom is -0.456 e. The highest BCUT2D eigenvalue weighted by molar-refractivity contribution is 6.36. The van der Waals surface area contributed by atoms with Crippen molar-refractivity contribution in [1.82, 2.24) is 0 Å². The van der Waals surface area contributed by atoms with Crippen LogP contribution in [0.3, 0.4) is 0 Å². The van der Waals surface area contributed by atoms with Gasteiger partial charge < -0.3 is 4.42 Å². The van der Waals surface area contributed by atoms with E-state index < -0.39 is 0 Å². The van der Waals surface area contributed by atoms with Crippen LogP contribution in [0.25, 0.3) is 44.2 Å². The van der Waals surface area contributed by atoms with Crippen molar-refractivity contribution >= 4 is 33.5 Å². The van der Waals surface area contributed by atoms with Gasteiger partial charge in [-0.05, 0) is 34.9 Å². The fourth-order valence-corrected chi connectivity index (χ4v) is 3.80. The van der Waals surface area contributed by atoms with E-state index in [-0.39, 0.29) is 0 Å². The number of para-hydroxylation sites is 1. The Morgan fingerprint density at radius 2 is 1.19 bits per heavy atom. The van der Waals surface area contributed by atoms with Crippen molar-refractivity contribution in [3.63, 3.8) is 0 Å². The first-order chi connectivity index (χ1) is 12.8. The highest BCUT2D eigenvalue weighted by atomic mass is 35.5. The molecule has 1 nitrogen and oxygen atoms in total. The van der Waals surface area contributed by atoms with Gasteiger partial charge in [-0.2, -0.15) is 0 Å². The Labute approximate surface area is 156 Å². The van der Waals surface area contributed by atoms with Gasteiger partial charge in [-0.15, -0.1) is 0 Å². The molecule has 0 amide bonds. The molecule has 0 fully saturated rings. The molecule has 26 heavy (non-hydrogen) atoms. The van der Waals surface area contributed by atoms with E-state index in [2.05, 4.69) is 54.6 Å². The van der Waals surface area contributed by atoms with Crippen LogP contribution in [0, 0.1) is 0 Å². The monoisotopic (exact) mass is 354 g/mol. The van der Waals surface area contributed by atoms with Crippen LogP contribution < -0.4 is 0 Å². The first-order valence-electron chi connectivity index (χ1n) is 8.57. The van der Waals surface area contributed by atoms with Gasteiger partial charge in [-0.1, -0.05) is 84.4 Å². The summed E-state index contributed by atoms with van der Waals surface area (Å²) in [5.74, 6) is 0. The summed E-state index contributed by atoms with van der Waals surface area (Å²) in [4.78, 5) is 0. The average Bonchev–Trinajstić information content (AvgIpc) is 3.08. The van der Waals surface area contributed by atoms with Crippen molar-refractivity contribution in [3.05, 3.63) is 96.0 Å². The summed E-state index contributed by atoms with van der Waals surface area (Å²) in [6.45, 7) is 0. The minimum atomic E-state index is 0.733. The van der Waals surface area contributed by atoms with E-state index in [1.807, 2.05) is 36.4 Å². The fourth-order valence-electron chi connectivity index (χ4n) is 3.53. The van der Waals surface area contributed by atoms with Crippen LogP contribution in [0.5, 0.6) is 0 Å². The third-order valence-electron chi connectivity index (χ3n) is 4.77. The Bertz CT molecular complexity index is 1220. The summed E-state index contributed by atoms with van der Waals surface area (Å²) in [6.07, 6.45) is 0. The van der Waals surface area contributed by atoms with E-state index in [4.69, 9.17) is 16.0 Å². The summed E-state index contributed by atoms with van der Waals surface area (Å²) in [5, 5.41) is 2.89. The second-order valence-electron chi connectivity index (χ2n) is 6.34. The van der Waals surface area contributed by atoms with Crippen molar-refractivity contribution in [2.24, 2.45) is 0 Å². The molecule has 4 aromatic carbocycles. The number of halogens is 1. The van der Waals surface area contributed by atoms with Crippen LogP contribution in [0.15, 0.2) is 95.4 Å². The second kappa shape index (κ2) is 6.05. The molecule has 2 heteroatoms. The van der Waals surface area contributed by atoms with Crippen LogP contribution in [-0.4, -0.2) is 0 Å². The van der Waals surface area contributed by atoms with Crippen LogP contribution in [0.2, 0.25) is 5.02 Å². The molecular weight excluding hydrogens is 340 g/mol. The van der Waals surface area contributed by atoms with Gasteiger partial charge >= 0.3 is 0 Å². The van der Waals surface area contributed by atoms with Crippen molar-refractivity contribution in [3.8, 4) is 22.3 Å². The minimum absolute atomic E-state index is 0.733. The third-order valence-corrected chi connectivity index (χ3v) is 5.09. The molecule has 0 atom stereocenters. The van der Waals surface area contributed by atoms with E-state index >= 15 is 0 Å². The van der Waals surface area contributed by atoms with Crippen molar-refractivity contribution in [1.29, 1.82) is 0 Å². The summed E-state index contributed by atoms with van der Waals surface area (Å²) in [5.41, 5.74) is 6.25. The van der Waals surface area contributed by atoms with Crippen LogP contribution >= 0.6 is 11.6 Å². The van der Waals surface area contributed by atoms with Gasteiger partial charge in [-0.25, -0.2) is 0 Å². The Morgan fingerprint density at radius 1 is 0.538 bits per heavy atom. The molecule has 0 saturated heterocycles. The lowest BCUT2D eigenvalue weighted by molar-refractivity contribution is 0.669. The summed E-state index contributed by atoms with van der Waals surface area (Å²) in [6, 6.07) is 30.9. The topological polar surface area (TPSA) is 13.1 Å². The quantitative estimate of drug-likeness (QED) is 0.318. The number of benzene rings is 4. The molecule has 0 aliphatic heterocycles. The molecule has 1 aromatic heterocycles. The number of hydrogen-bond acceptors (Lipinski definition) is 1. The molecule has 0 N–H and O–H groups in total. The van der Waals surface area contributed by atoms with E-state index in [9.17, 15) is 0 Å². The van der Waals surface area contributed by atoms with Crippen molar-refractivity contribution in [2.75, 3.05) is 0 Å². The maximum Gasteiger partial charge on any atom is 0.136 e. The standard InChI is InChI=1S/C24H15ClO/c25-20-14-15-22-24(19-8-4-5-9-21(19)26-22)23(20)18-12-10-17(11-13-18)16-6-2-1-3-7-16/h1-15H. The predicted molar refractivity (Wildman–Crippen MR) is 110 cm³/mol. The molecule has 5 aromatic rings. The van der Waals surface area contributed by atoms with Gasteiger partial charge in [0.1, 0.15) is 11.2 Å². The highest BCUT2D eigenvalue weighted by Gasteiger charge is 2.15. The molecule has 0 aliphatic carbocycles. The van der Waals surface area contributed by atoms with E-state index in [1.54, 1.807) is 0 Å². The molecule has 0 bridgehead atoms. The largest absolute Gasteiger partial charge is 0.456 e. The molecular formula is C24H15ClO. The maximum absolute atomic E-state index is 6.61. The van der Waals surface area contributed by atoms with Crippen molar-refractivity contribution in [2.45, 2.75) is 0 Å². The molecule has 1 heterocycles. The zero-order valence-corrected chi connectivity index (χ0v) is 14.7. The van der Waals surface area contributed by atoms with E-state index in [0.717, 1.165) is 38.1 Å². The van der Waals surface area contributed by atoms with Crippen LogP contribution in [0.1, 0.15) is 0 Å². The lowest BCUT2D eigenvalue weighted by Crippen LogP contribution is -1.83. The fraction of sp³-hybridized carbons (Fsp3) is 0. The Kier molecular flexibility index (Phi) is 3.55. The summed E-state index contributed by atoms with van der Waals surface area (Å²) >= 11 is 6.61. The zero-order chi connectivity index (χ0) is 17.5. The third kappa shape index (κ3) is 2.40. The lowest BCUT2D eigenvalue weighted by atomic mass is 9.97. The molecule has 0 unspecified atom stereocenters. The summed E-state index contributed by atoms with van der Waals surface area (Å²) < 4.78 is 6.00. The van der Waals surface area contributed by atoms with Gasteiger partial charge in [-0.3, -0.25) is 0 Å². The van der Waals surface area contributed by atoms with Gasteiger partial charge in [0.25, 0.3) is 0 Å². The maximum atomic E-state index is 6.61.